The average molecular weight is 566 g/mol. The van der Waals surface area contributed by atoms with Gasteiger partial charge in [0.2, 0.25) is 5.91 Å². The van der Waals surface area contributed by atoms with Crippen molar-refractivity contribution in [3.05, 3.63) is 34.3 Å². The summed E-state index contributed by atoms with van der Waals surface area (Å²) >= 11 is 3.37. The maximum Gasteiger partial charge on any atom is 0.251 e. The lowest BCUT2D eigenvalue weighted by atomic mass is 9.95. The van der Waals surface area contributed by atoms with Gasteiger partial charge in [0.1, 0.15) is 0 Å². The molecule has 2 rings (SSSR count). The molecule has 1 aliphatic rings. The zero-order chi connectivity index (χ0) is 19.6. The second-order valence-corrected chi connectivity index (χ2v) is 7.63. The first-order valence-electron chi connectivity index (χ1n) is 9.27. The maximum absolute atomic E-state index is 12.1. The molecule has 2 amide bonds. The van der Waals surface area contributed by atoms with Crippen molar-refractivity contribution >= 4 is 57.7 Å². The van der Waals surface area contributed by atoms with E-state index in [-0.39, 0.29) is 35.8 Å². The fourth-order valence-electron chi connectivity index (χ4n) is 3.26. The standard InChI is InChI=1S/C19H28BrN5O2.HI/c1-22-19(25-10-3-5-14(13-25)11-17(21)26)24-9-4-8-23-18(27)15-6-2-7-16(20)12-15;/h2,6-7,12,14H,3-5,8-11,13H2,1H3,(H2,21,26)(H,22,24)(H,23,27);1H. The number of aliphatic imine (C=N–C) groups is 1. The zero-order valence-electron chi connectivity index (χ0n) is 16.1. The fraction of sp³-hybridized carbons (Fsp3) is 0.526. The molecular weight excluding hydrogens is 537 g/mol. The van der Waals surface area contributed by atoms with E-state index in [1.165, 1.54) is 0 Å². The Bertz CT molecular complexity index is 686. The minimum Gasteiger partial charge on any atom is -0.370 e. The Morgan fingerprint density at radius 3 is 2.75 bits per heavy atom. The maximum atomic E-state index is 12.1. The van der Waals surface area contributed by atoms with Crippen molar-refractivity contribution in [2.24, 2.45) is 16.6 Å². The topological polar surface area (TPSA) is 99.8 Å². The lowest BCUT2D eigenvalue weighted by Gasteiger charge is -2.34. The molecule has 0 aliphatic carbocycles. The number of hydrogen-bond acceptors (Lipinski definition) is 3. The summed E-state index contributed by atoms with van der Waals surface area (Å²) in [6, 6.07) is 7.32. The van der Waals surface area contributed by atoms with Gasteiger partial charge in [-0.1, -0.05) is 22.0 Å². The second-order valence-electron chi connectivity index (χ2n) is 6.72. The van der Waals surface area contributed by atoms with E-state index in [1.54, 1.807) is 19.2 Å². The third kappa shape index (κ3) is 8.34. The Morgan fingerprint density at radius 1 is 1.32 bits per heavy atom. The molecule has 28 heavy (non-hydrogen) atoms. The smallest absolute Gasteiger partial charge is 0.251 e. The number of piperidine rings is 1. The Hall–Kier alpha value is -1.36. The highest BCUT2D eigenvalue weighted by Gasteiger charge is 2.23. The minimum absolute atomic E-state index is 0. The lowest BCUT2D eigenvalue weighted by molar-refractivity contribution is -0.119. The Kier molecular flexibility index (Phi) is 11.4. The number of amides is 2. The molecule has 7 nitrogen and oxygen atoms in total. The van der Waals surface area contributed by atoms with Gasteiger partial charge >= 0.3 is 0 Å². The van der Waals surface area contributed by atoms with E-state index < -0.39 is 0 Å². The van der Waals surface area contributed by atoms with Crippen molar-refractivity contribution < 1.29 is 9.59 Å². The largest absolute Gasteiger partial charge is 0.370 e. The number of carbonyl (C=O) groups is 2. The van der Waals surface area contributed by atoms with Gasteiger partial charge < -0.3 is 21.3 Å². The molecule has 1 aromatic rings. The van der Waals surface area contributed by atoms with Gasteiger partial charge in [-0.2, -0.15) is 0 Å². The van der Waals surface area contributed by atoms with Crippen LogP contribution in [0.5, 0.6) is 0 Å². The Labute approximate surface area is 192 Å². The number of rotatable bonds is 7. The Balaban J connectivity index is 0.00000392. The molecule has 0 spiro atoms. The molecule has 1 aliphatic heterocycles. The molecule has 1 aromatic carbocycles. The molecule has 9 heteroatoms. The number of carbonyl (C=O) groups excluding carboxylic acids is 2. The molecule has 0 bridgehead atoms. The van der Waals surface area contributed by atoms with Crippen LogP contribution in [0.4, 0.5) is 0 Å². The first kappa shape index (κ1) is 24.7. The van der Waals surface area contributed by atoms with Crippen LogP contribution in [0.1, 0.15) is 36.0 Å². The van der Waals surface area contributed by atoms with Crippen LogP contribution in [0.25, 0.3) is 0 Å². The number of nitrogens with two attached hydrogens (primary N) is 1. The van der Waals surface area contributed by atoms with Crippen LogP contribution in [0, 0.1) is 5.92 Å². The van der Waals surface area contributed by atoms with Gasteiger partial charge in [0, 0.05) is 49.7 Å². The molecule has 156 valence electrons. The number of benzene rings is 1. The normalized spacial score (nSPS) is 16.9. The quantitative estimate of drug-likeness (QED) is 0.204. The number of hydrogen-bond donors (Lipinski definition) is 3. The summed E-state index contributed by atoms with van der Waals surface area (Å²) in [5.74, 6) is 0.804. The van der Waals surface area contributed by atoms with Crippen LogP contribution in [-0.2, 0) is 4.79 Å². The van der Waals surface area contributed by atoms with Crippen molar-refractivity contribution in [1.82, 2.24) is 15.5 Å². The SMILES string of the molecule is CN=C(NCCCNC(=O)c1cccc(Br)c1)N1CCCC(CC(N)=O)C1.I. The van der Waals surface area contributed by atoms with Crippen LogP contribution in [0.15, 0.2) is 33.7 Å². The monoisotopic (exact) mass is 565 g/mol. The highest BCUT2D eigenvalue weighted by atomic mass is 127. The van der Waals surface area contributed by atoms with Crippen LogP contribution in [0.2, 0.25) is 0 Å². The fourth-order valence-corrected chi connectivity index (χ4v) is 3.66. The number of halogens is 2. The van der Waals surface area contributed by atoms with E-state index in [1.807, 2.05) is 12.1 Å². The Morgan fingerprint density at radius 2 is 2.07 bits per heavy atom. The van der Waals surface area contributed by atoms with E-state index in [0.717, 1.165) is 42.8 Å². The van der Waals surface area contributed by atoms with Gasteiger partial charge in [-0.05, 0) is 43.4 Å². The van der Waals surface area contributed by atoms with E-state index in [2.05, 4.69) is 36.5 Å². The predicted octanol–water partition coefficient (Wildman–Crippen LogP) is 2.35. The molecule has 1 fully saturated rings. The summed E-state index contributed by atoms with van der Waals surface area (Å²) in [7, 11) is 1.76. The highest BCUT2D eigenvalue weighted by molar-refractivity contribution is 14.0. The molecule has 0 radical (unpaired) electrons. The third-order valence-corrected chi connectivity index (χ3v) is 5.02. The summed E-state index contributed by atoms with van der Waals surface area (Å²) in [5, 5.41) is 6.26. The summed E-state index contributed by atoms with van der Waals surface area (Å²) in [5.41, 5.74) is 5.97. The summed E-state index contributed by atoms with van der Waals surface area (Å²) in [4.78, 5) is 29.8. The van der Waals surface area contributed by atoms with E-state index in [0.29, 0.717) is 31.0 Å². The molecule has 4 N–H and O–H groups in total. The van der Waals surface area contributed by atoms with Gasteiger partial charge in [0.05, 0.1) is 0 Å². The van der Waals surface area contributed by atoms with Crippen LogP contribution < -0.4 is 16.4 Å². The van der Waals surface area contributed by atoms with Crippen molar-refractivity contribution in [1.29, 1.82) is 0 Å². The third-order valence-electron chi connectivity index (χ3n) is 4.53. The summed E-state index contributed by atoms with van der Waals surface area (Å²) in [6.45, 7) is 3.01. The van der Waals surface area contributed by atoms with Crippen molar-refractivity contribution in [3.8, 4) is 0 Å². The second kappa shape index (κ2) is 13.0. The minimum atomic E-state index is -0.244. The molecule has 1 unspecified atom stereocenters. The molecule has 0 saturated carbocycles. The van der Waals surface area contributed by atoms with Gasteiger partial charge in [-0.3, -0.25) is 14.6 Å². The molecule has 0 aromatic heterocycles. The number of primary amides is 1. The van der Waals surface area contributed by atoms with E-state index in [9.17, 15) is 9.59 Å². The zero-order valence-corrected chi connectivity index (χ0v) is 20.0. The van der Waals surface area contributed by atoms with Gasteiger partial charge in [-0.25, -0.2) is 0 Å². The number of likely N-dealkylation sites (tertiary alicyclic amines) is 1. The van der Waals surface area contributed by atoms with Crippen LogP contribution >= 0.6 is 39.9 Å². The van der Waals surface area contributed by atoms with Crippen molar-refractivity contribution in [2.75, 3.05) is 33.2 Å². The van der Waals surface area contributed by atoms with Crippen molar-refractivity contribution in [3.63, 3.8) is 0 Å². The molecule has 1 saturated heterocycles. The molecule has 1 heterocycles. The first-order chi connectivity index (χ1) is 13.0. The van der Waals surface area contributed by atoms with E-state index in [4.69, 9.17) is 5.73 Å². The van der Waals surface area contributed by atoms with Crippen molar-refractivity contribution in [2.45, 2.75) is 25.7 Å². The number of nitrogens with zero attached hydrogens (tertiary/aromatic N) is 2. The van der Waals surface area contributed by atoms with Crippen LogP contribution in [-0.4, -0.2) is 55.9 Å². The highest BCUT2D eigenvalue weighted by Crippen LogP contribution is 2.19. The lowest BCUT2D eigenvalue weighted by Crippen LogP contribution is -2.47. The molecule has 1 atom stereocenters. The number of nitrogens with one attached hydrogen (secondary N) is 2. The van der Waals surface area contributed by atoms with Gasteiger partial charge in [0.15, 0.2) is 5.96 Å². The average Bonchev–Trinajstić information content (AvgIpc) is 2.64. The number of guanidine groups is 1. The first-order valence-corrected chi connectivity index (χ1v) is 10.1. The molecular formula is C19H29BrIN5O2. The van der Waals surface area contributed by atoms with Crippen LogP contribution in [0.3, 0.4) is 0 Å². The van der Waals surface area contributed by atoms with Gasteiger partial charge in [-0.15, -0.1) is 24.0 Å². The van der Waals surface area contributed by atoms with Gasteiger partial charge in [0.25, 0.3) is 5.91 Å². The summed E-state index contributed by atoms with van der Waals surface area (Å²) in [6.07, 6.45) is 3.27. The summed E-state index contributed by atoms with van der Waals surface area (Å²) < 4.78 is 0.886. The predicted molar refractivity (Wildman–Crippen MR) is 126 cm³/mol. The van der Waals surface area contributed by atoms with E-state index >= 15 is 0 Å².